The van der Waals surface area contributed by atoms with Crippen molar-refractivity contribution in [1.29, 1.82) is 0 Å². The molecule has 166 valence electrons. The van der Waals surface area contributed by atoms with Crippen LogP contribution < -0.4 is 20.7 Å². The summed E-state index contributed by atoms with van der Waals surface area (Å²) in [5.41, 5.74) is 4.05. The third-order valence-electron chi connectivity index (χ3n) is 5.19. The van der Waals surface area contributed by atoms with Gasteiger partial charge in [0.1, 0.15) is 5.75 Å². The Labute approximate surface area is 189 Å². The summed E-state index contributed by atoms with van der Waals surface area (Å²) >= 11 is 0. The Kier molecular flexibility index (Phi) is 8.00. The molecule has 3 aromatic rings. The van der Waals surface area contributed by atoms with E-state index in [9.17, 15) is 9.59 Å². The van der Waals surface area contributed by atoms with Crippen molar-refractivity contribution in [3.05, 3.63) is 95.1 Å². The summed E-state index contributed by atoms with van der Waals surface area (Å²) in [5.74, 6) is 0.297. The number of methoxy groups -OCH3 is 1. The van der Waals surface area contributed by atoms with E-state index in [0.717, 1.165) is 16.9 Å². The lowest BCUT2D eigenvalue weighted by Gasteiger charge is -2.17. The van der Waals surface area contributed by atoms with Crippen LogP contribution in [-0.2, 0) is 11.3 Å². The van der Waals surface area contributed by atoms with Crippen LogP contribution >= 0.6 is 0 Å². The van der Waals surface area contributed by atoms with Crippen molar-refractivity contribution in [1.82, 2.24) is 10.6 Å². The first-order valence-electron chi connectivity index (χ1n) is 10.6. The number of aryl methyl sites for hydroxylation is 1. The summed E-state index contributed by atoms with van der Waals surface area (Å²) in [6.07, 6.45) is 0. The van der Waals surface area contributed by atoms with Crippen molar-refractivity contribution in [3.63, 3.8) is 0 Å². The third kappa shape index (κ3) is 6.18. The van der Waals surface area contributed by atoms with Gasteiger partial charge in [-0.2, -0.15) is 0 Å². The Balaban J connectivity index is 1.58. The molecule has 2 amide bonds. The molecule has 32 heavy (non-hydrogen) atoms. The summed E-state index contributed by atoms with van der Waals surface area (Å²) in [7, 11) is 1.62. The fourth-order valence-corrected chi connectivity index (χ4v) is 3.35. The van der Waals surface area contributed by atoms with Crippen LogP contribution in [0.4, 0.5) is 5.69 Å². The van der Waals surface area contributed by atoms with Crippen LogP contribution in [0.5, 0.6) is 5.75 Å². The third-order valence-corrected chi connectivity index (χ3v) is 5.19. The maximum atomic E-state index is 12.7. The Bertz CT molecular complexity index is 1060. The van der Waals surface area contributed by atoms with Crippen LogP contribution in [0.2, 0.25) is 0 Å². The van der Waals surface area contributed by atoms with Gasteiger partial charge in [-0.1, -0.05) is 60.2 Å². The minimum Gasteiger partial charge on any atom is -0.496 e. The second-order valence-electron chi connectivity index (χ2n) is 7.61. The maximum absolute atomic E-state index is 12.7. The molecule has 0 saturated heterocycles. The van der Waals surface area contributed by atoms with E-state index in [1.165, 1.54) is 5.56 Å². The van der Waals surface area contributed by atoms with E-state index >= 15 is 0 Å². The highest BCUT2D eigenvalue weighted by atomic mass is 16.5. The number of ether oxygens (including phenoxy) is 1. The molecular formula is C26H29N3O3. The molecule has 3 aromatic carbocycles. The molecule has 0 bridgehead atoms. The highest BCUT2D eigenvalue weighted by Gasteiger charge is 2.15. The van der Waals surface area contributed by atoms with Crippen molar-refractivity contribution in [2.24, 2.45) is 0 Å². The van der Waals surface area contributed by atoms with E-state index in [2.05, 4.69) is 16.0 Å². The second-order valence-corrected chi connectivity index (χ2v) is 7.61. The lowest BCUT2D eigenvalue weighted by atomic mass is 10.1. The van der Waals surface area contributed by atoms with Gasteiger partial charge < -0.3 is 20.7 Å². The quantitative estimate of drug-likeness (QED) is 0.474. The van der Waals surface area contributed by atoms with E-state index in [1.54, 1.807) is 31.4 Å². The van der Waals surface area contributed by atoms with Crippen molar-refractivity contribution in [3.8, 4) is 5.75 Å². The number of carbonyl (C=O) groups is 2. The number of amides is 2. The van der Waals surface area contributed by atoms with Gasteiger partial charge >= 0.3 is 0 Å². The normalized spacial score (nSPS) is 11.5. The van der Waals surface area contributed by atoms with E-state index < -0.39 is 0 Å². The molecule has 0 radical (unpaired) electrons. The van der Waals surface area contributed by atoms with Crippen molar-refractivity contribution >= 4 is 17.5 Å². The van der Waals surface area contributed by atoms with Gasteiger partial charge in [-0.25, -0.2) is 0 Å². The topological polar surface area (TPSA) is 79.5 Å². The summed E-state index contributed by atoms with van der Waals surface area (Å²) < 4.78 is 5.39. The summed E-state index contributed by atoms with van der Waals surface area (Å²) in [5, 5.41) is 8.95. The van der Waals surface area contributed by atoms with Crippen LogP contribution in [0, 0.1) is 6.92 Å². The number of hydrogen-bond acceptors (Lipinski definition) is 4. The molecule has 0 aliphatic rings. The van der Waals surface area contributed by atoms with Crippen molar-refractivity contribution in [2.45, 2.75) is 26.4 Å². The predicted octanol–water partition coefficient (Wildman–Crippen LogP) is 4.22. The van der Waals surface area contributed by atoms with Gasteiger partial charge in [-0.05, 0) is 37.6 Å². The minimum atomic E-state index is -0.239. The zero-order valence-electron chi connectivity index (χ0n) is 18.6. The van der Waals surface area contributed by atoms with Crippen LogP contribution in [-0.4, -0.2) is 25.5 Å². The average Bonchev–Trinajstić information content (AvgIpc) is 2.82. The van der Waals surface area contributed by atoms with Gasteiger partial charge in [-0.15, -0.1) is 0 Å². The molecule has 0 saturated carbocycles. The SMILES string of the molecule is COc1ccccc1[C@@H](C)NCC(=O)Nc1ccccc1C(=O)NCc1ccc(C)cc1. The van der Waals surface area contributed by atoms with E-state index in [1.807, 2.05) is 62.4 Å². The number of rotatable bonds is 9. The van der Waals surface area contributed by atoms with E-state index in [0.29, 0.717) is 17.8 Å². The van der Waals surface area contributed by atoms with Crippen LogP contribution in [0.25, 0.3) is 0 Å². The smallest absolute Gasteiger partial charge is 0.253 e. The fourth-order valence-electron chi connectivity index (χ4n) is 3.35. The zero-order valence-corrected chi connectivity index (χ0v) is 18.6. The van der Waals surface area contributed by atoms with Crippen LogP contribution in [0.15, 0.2) is 72.8 Å². The monoisotopic (exact) mass is 431 g/mol. The summed E-state index contributed by atoms with van der Waals surface area (Å²) in [4.78, 5) is 25.3. The summed E-state index contributed by atoms with van der Waals surface area (Å²) in [6, 6.07) is 22.6. The molecule has 3 N–H and O–H groups in total. The van der Waals surface area contributed by atoms with Gasteiger partial charge in [0.25, 0.3) is 5.91 Å². The number of hydrogen-bond donors (Lipinski definition) is 3. The number of para-hydroxylation sites is 2. The fraction of sp³-hybridized carbons (Fsp3) is 0.231. The number of benzene rings is 3. The lowest BCUT2D eigenvalue weighted by Crippen LogP contribution is -2.31. The van der Waals surface area contributed by atoms with Gasteiger partial charge in [-0.3, -0.25) is 9.59 Å². The van der Waals surface area contributed by atoms with Gasteiger partial charge in [0.15, 0.2) is 0 Å². The highest BCUT2D eigenvalue weighted by molar-refractivity contribution is 6.04. The van der Waals surface area contributed by atoms with E-state index in [-0.39, 0.29) is 24.4 Å². The second kappa shape index (κ2) is 11.1. The Morgan fingerprint density at radius 2 is 1.62 bits per heavy atom. The molecule has 0 aliphatic heterocycles. The lowest BCUT2D eigenvalue weighted by molar-refractivity contribution is -0.115. The van der Waals surface area contributed by atoms with Gasteiger partial charge in [0.05, 0.1) is 24.9 Å². The molecular weight excluding hydrogens is 402 g/mol. The predicted molar refractivity (Wildman–Crippen MR) is 127 cm³/mol. The molecule has 3 rings (SSSR count). The standard InChI is InChI=1S/C26H29N3O3/c1-18-12-14-20(15-13-18)16-28-26(31)22-9-4-6-10-23(22)29-25(30)17-27-19(2)21-8-5-7-11-24(21)32-3/h4-15,19,27H,16-17H2,1-3H3,(H,28,31)(H,29,30)/t19-/m1/s1. The largest absolute Gasteiger partial charge is 0.496 e. The minimum absolute atomic E-state index is 0.0787. The van der Waals surface area contributed by atoms with Crippen LogP contribution in [0.3, 0.4) is 0 Å². The molecule has 0 spiro atoms. The van der Waals surface area contributed by atoms with Crippen molar-refractivity contribution in [2.75, 3.05) is 19.0 Å². The van der Waals surface area contributed by atoms with Crippen molar-refractivity contribution < 1.29 is 14.3 Å². The summed E-state index contributed by atoms with van der Waals surface area (Å²) in [6.45, 7) is 4.50. The molecule has 1 atom stereocenters. The first-order chi connectivity index (χ1) is 15.5. The average molecular weight is 432 g/mol. The Morgan fingerprint density at radius 1 is 0.938 bits per heavy atom. The maximum Gasteiger partial charge on any atom is 0.253 e. The number of anilines is 1. The molecule has 6 nitrogen and oxygen atoms in total. The molecule has 6 heteroatoms. The zero-order chi connectivity index (χ0) is 22.9. The first-order valence-corrected chi connectivity index (χ1v) is 10.6. The number of nitrogens with one attached hydrogen (secondary N) is 3. The Morgan fingerprint density at radius 3 is 2.38 bits per heavy atom. The number of carbonyl (C=O) groups excluding carboxylic acids is 2. The molecule has 0 heterocycles. The molecule has 0 fully saturated rings. The molecule has 0 aliphatic carbocycles. The van der Waals surface area contributed by atoms with Gasteiger partial charge in [0, 0.05) is 18.2 Å². The first kappa shape index (κ1) is 23.0. The van der Waals surface area contributed by atoms with Gasteiger partial charge in [0.2, 0.25) is 5.91 Å². The highest BCUT2D eigenvalue weighted by Crippen LogP contribution is 2.24. The van der Waals surface area contributed by atoms with Crippen LogP contribution in [0.1, 0.15) is 40.0 Å². The molecule has 0 unspecified atom stereocenters. The Hall–Kier alpha value is -3.64. The van der Waals surface area contributed by atoms with E-state index in [4.69, 9.17) is 4.74 Å². The molecule has 0 aromatic heterocycles.